The van der Waals surface area contributed by atoms with E-state index in [-0.39, 0.29) is 6.61 Å². The fourth-order valence-electron chi connectivity index (χ4n) is 1.70. The van der Waals surface area contributed by atoms with E-state index >= 15 is 0 Å². The maximum atomic E-state index is 8.92. The molecular formula is C11H17N3O. The molecule has 1 fully saturated rings. The summed E-state index contributed by atoms with van der Waals surface area (Å²) in [7, 11) is 0. The summed E-state index contributed by atoms with van der Waals surface area (Å²) in [5, 5.41) is 20.2. The van der Waals surface area contributed by atoms with Gasteiger partial charge in [0.15, 0.2) is 0 Å². The molecule has 4 nitrogen and oxygen atoms in total. The SMILES string of the molecule is Cc1ccc(NCC2(CCO)CC2)nn1. The van der Waals surface area contributed by atoms with Gasteiger partial charge in [-0.05, 0) is 43.7 Å². The average Bonchev–Trinajstić information content (AvgIpc) is 2.99. The molecule has 0 amide bonds. The molecule has 2 rings (SSSR count). The Balaban J connectivity index is 1.85. The van der Waals surface area contributed by atoms with Crippen LogP contribution in [0, 0.1) is 12.3 Å². The zero-order chi connectivity index (χ0) is 10.7. The number of nitrogens with zero attached hydrogens (tertiary/aromatic N) is 2. The Morgan fingerprint density at radius 1 is 1.40 bits per heavy atom. The summed E-state index contributed by atoms with van der Waals surface area (Å²) < 4.78 is 0. The van der Waals surface area contributed by atoms with Gasteiger partial charge in [0, 0.05) is 13.2 Å². The second kappa shape index (κ2) is 4.14. The van der Waals surface area contributed by atoms with Crippen LogP contribution in [0.1, 0.15) is 25.0 Å². The van der Waals surface area contributed by atoms with E-state index in [1.54, 1.807) is 0 Å². The second-order valence-corrected chi connectivity index (χ2v) is 4.39. The summed E-state index contributed by atoms with van der Waals surface area (Å²) >= 11 is 0. The highest BCUT2D eigenvalue weighted by atomic mass is 16.3. The largest absolute Gasteiger partial charge is 0.396 e. The van der Waals surface area contributed by atoms with Crippen molar-refractivity contribution in [2.24, 2.45) is 5.41 Å². The Bertz CT molecular complexity index is 319. The van der Waals surface area contributed by atoms with Gasteiger partial charge in [0.2, 0.25) is 0 Å². The molecule has 15 heavy (non-hydrogen) atoms. The van der Waals surface area contributed by atoms with E-state index in [2.05, 4.69) is 15.5 Å². The highest BCUT2D eigenvalue weighted by molar-refractivity contribution is 5.33. The van der Waals surface area contributed by atoms with Crippen molar-refractivity contribution in [2.75, 3.05) is 18.5 Å². The predicted octanol–water partition coefficient (Wildman–Crippen LogP) is 1.36. The van der Waals surface area contributed by atoms with Crippen molar-refractivity contribution in [1.29, 1.82) is 0 Å². The molecular weight excluding hydrogens is 190 g/mol. The van der Waals surface area contributed by atoms with Crippen molar-refractivity contribution < 1.29 is 5.11 Å². The molecule has 1 saturated carbocycles. The van der Waals surface area contributed by atoms with Crippen molar-refractivity contribution in [1.82, 2.24) is 10.2 Å². The Morgan fingerprint density at radius 3 is 2.73 bits per heavy atom. The van der Waals surface area contributed by atoms with Crippen molar-refractivity contribution in [3.8, 4) is 0 Å². The van der Waals surface area contributed by atoms with Crippen LogP contribution in [-0.2, 0) is 0 Å². The summed E-state index contributed by atoms with van der Waals surface area (Å²) in [6.07, 6.45) is 3.30. The van der Waals surface area contributed by atoms with Gasteiger partial charge in [0.1, 0.15) is 5.82 Å². The van der Waals surface area contributed by atoms with Crippen LogP contribution in [0.4, 0.5) is 5.82 Å². The lowest BCUT2D eigenvalue weighted by molar-refractivity contribution is 0.253. The van der Waals surface area contributed by atoms with Gasteiger partial charge in [-0.3, -0.25) is 0 Å². The highest BCUT2D eigenvalue weighted by Crippen LogP contribution is 2.48. The molecule has 0 aliphatic heterocycles. The van der Waals surface area contributed by atoms with Crippen molar-refractivity contribution in [2.45, 2.75) is 26.2 Å². The van der Waals surface area contributed by atoms with Gasteiger partial charge >= 0.3 is 0 Å². The first kappa shape index (κ1) is 10.4. The van der Waals surface area contributed by atoms with Gasteiger partial charge in [0.25, 0.3) is 0 Å². The first-order valence-electron chi connectivity index (χ1n) is 5.39. The van der Waals surface area contributed by atoms with Crippen LogP contribution in [0.2, 0.25) is 0 Å². The Morgan fingerprint density at radius 2 is 2.20 bits per heavy atom. The third kappa shape index (κ3) is 2.65. The van der Waals surface area contributed by atoms with Crippen molar-refractivity contribution in [3.63, 3.8) is 0 Å². The fourth-order valence-corrected chi connectivity index (χ4v) is 1.70. The maximum absolute atomic E-state index is 8.92. The van der Waals surface area contributed by atoms with E-state index in [1.165, 1.54) is 12.8 Å². The fraction of sp³-hybridized carbons (Fsp3) is 0.636. The van der Waals surface area contributed by atoms with Crippen LogP contribution in [0.5, 0.6) is 0 Å². The number of hydrogen-bond donors (Lipinski definition) is 2. The first-order chi connectivity index (χ1) is 7.24. The quantitative estimate of drug-likeness (QED) is 0.765. The number of aliphatic hydroxyl groups excluding tert-OH is 1. The van der Waals surface area contributed by atoms with Crippen molar-refractivity contribution in [3.05, 3.63) is 17.8 Å². The number of aromatic nitrogens is 2. The van der Waals surface area contributed by atoms with E-state index in [0.717, 1.165) is 24.5 Å². The van der Waals surface area contributed by atoms with Crippen LogP contribution >= 0.6 is 0 Å². The number of aryl methyl sites for hydroxylation is 1. The minimum atomic E-state index is 0.279. The Hall–Kier alpha value is -1.16. The first-order valence-corrected chi connectivity index (χ1v) is 5.39. The lowest BCUT2D eigenvalue weighted by atomic mass is 10.0. The van der Waals surface area contributed by atoms with Crippen LogP contribution < -0.4 is 5.32 Å². The molecule has 0 unspecified atom stereocenters. The van der Waals surface area contributed by atoms with Gasteiger partial charge in [-0.1, -0.05) is 0 Å². The minimum absolute atomic E-state index is 0.279. The topological polar surface area (TPSA) is 58.0 Å². The minimum Gasteiger partial charge on any atom is -0.396 e. The normalized spacial score (nSPS) is 17.5. The molecule has 1 aliphatic carbocycles. The average molecular weight is 207 g/mol. The summed E-state index contributed by atoms with van der Waals surface area (Å²) in [5.74, 6) is 0.824. The molecule has 0 spiro atoms. The zero-order valence-electron chi connectivity index (χ0n) is 9.03. The predicted molar refractivity (Wildman–Crippen MR) is 58.6 cm³/mol. The molecule has 2 N–H and O–H groups in total. The Labute approximate surface area is 89.7 Å². The van der Waals surface area contributed by atoms with Gasteiger partial charge < -0.3 is 10.4 Å². The van der Waals surface area contributed by atoms with E-state index in [9.17, 15) is 0 Å². The van der Waals surface area contributed by atoms with Gasteiger partial charge in [-0.2, -0.15) is 5.10 Å². The third-order valence-corrected chi connectivity index (χ3v) is 3.04. The van der Waals surface area contributed by atoms with Crippen LogP contribution in [-0.4, -0.2) is 28.5 Å². The summed E-state index contributed by atoms with van der Waals surface area (Å²) in [4.78, 5) is 0. The standard InChI is InChI=1S/C11H17N3O/c1-9-2-3-10(14-13-9)12-8-11(4-5-11)6-7-15/h2-3,15H,4-8H2,1H3,(H,12,14). The molecule has 0 atom stereocenters. The van der Waals surface area contributed by atoms with Gasteiger partial charge in [-0.15, -0.1) is 5.10 Å². The van der Waals surface area contributed by atoms with E-state index < -0.39 is 0 Å². The molecule has 0 radical (unpaired) electrons. The molecule has 0 bridgehead atoms. The smallest absolute Gasteiger partial charge is 0.148 e. The van der Waals surface area contributed by atoms with E-state index in [1.807, 2.05) is 19.1 Å². The zero-order valence-corrected chi connectivity index (χ0v) is 9.03. The highest BCUT2D eigenvalue weighted by Gasteiger charge is 2.41. The number of anilines is 1. The molecule has 4 heteroatoms. The van der Waals surface area contributed by atoms with Crippen LogP contribution in [0.15, 0.2) is 12.1 Å². The molecule has 1 aromatic rings. The van der Waals surface area contributed by atoms with Crippen molar-refractivity contribution >= 4 is 5.82 Å². The maximum Gasteiger partial charge on any atom is 0.148 e. The molecule has 0 saturated heterocycles. The van der Waals surface area contributed by atoms with Crippen LogP contribution in [0.25, 0.3) is 0 Å². The number of aliphatic hydroxyl groups is 1. The molecule has 82 valence electrons. The van der Waals surface area contributed by atoms with Gasteiger partial charge in [-0.25, -0.2) is 0 Å². The summed E-state index contributed by atoms with van der Waals surface area (Å²) in [5.41, 5.74) is 1.25. The lowest BCUT2D eigenvalue weighted by Gasteiger charge is -2.14. The molecule has 1 heterocycles. The lowest BCUT2D eigenvalue weighted by Crippen LogP contribution is -2.17. The van der Waals surface area contributed by atoms with E-state index in [4.69, 9.17) is 5.11 Å². The number of rotatable bonds is 5. The Kier molecular flexibility index (Phi) is 2.86. The molecule has 1 aliphatic rings. The van der Waals surface area contributed by atoms with Crippen LogP contribution in [0.3, 0.4) is 0 Å². The molecule has 0 aromatic carbocycles. The monoisotopic (exact) mass is 207 g/mol. The second-order valence-electron chi connectivity index (χ2n) is 4.39. The number of nitrogens with one attached hydrogen (secondary N) is 1. The van der Waals surface area contributed by atoms with Gasteiger partial charge in [0.05, 0.1) is 5.69 Å². The number of hydrogen-bond acceptors (Lipinski definition) is 4. The third-order valence-electron chi connectivity index (χ3n) is 3.04. The van der Waals surface area contributed by atoms with E-state index in [0.29, 0.717) is 5.41 Å². The summed E-state index contributed by atoms with van der Waals surface area (Å²) in [6, 6.07) is 3.89. The molecule has 1 aromatic heterocycles. The summed E-state index contributed by atoms with van der Waals surface area (Å²) in [6.45, 7) is 3.09.